The third kappa shape index (κ3) is 3.59. The van der Waals surface area contributed by atoms with Crippen molar-refractivity contribution in [2.75, 3.05) is 13.2 Å². The van der Waals surface area contributed by atoms with Crippen molar-refractivity contribution in [2.45, 2.75) is 32.8 Å². The zero-order valence-electron chi connectivity index (χ0n) is 8.21. The maximum absolute atomic E-state index is 11.1. The largest absolute Gasteiger partial charge is 0.463 e. The summed E-state index contributed by atoms with van der Waals surface area (Å²) in [6.45, 7) is 4.97. The van der Waals surface area contributed by atoms with Crippen LogP contribution in [0.25, 0.3) is 0 Å². The van der Waals surface area contributed by atoms with E-state index in [4.69, 9.17) is 9.47 Å². The summed E-state index contributed by atoms with van der Waals surface area (Å²) in [5.41, 5.74) is 1.14. The maximum atomic E-state index is 11.1. The smallest absolute Gasteiger partial charge is 0.330 e. The normalized spacial score (nSPS) is 26.0. The van der Waals surface area contributed by atoms with Crippen LogP contribution in [0.3, 0.4) is 0 Å². The Hall–Kier alpha value is -0.830. The molecule has 1 saturated heterocycles. The summed E-state index contributed by atoms with van der Waals surface area (Å²) in [5.74, 6) is -0.230. The highest BCUT2D eigenvalue weighted by Gasteiger charge is 2.13. The fourth-order valence-electron chi connectivity index (χ4n) is 1.40. The van der Waals surface area contributed by atoms with Gasteiger partial charge in [0.1, 0.15) is 0 Å². The van der Waals surface area contributed by atoms with Crippen LogP contribution in [-0.2, 0) is 14.3 Å². The third-order valence-electron chi connectivity index (χ3n) is 1.98. The Morgan fingerprint density at radius 1 is 1.77 bits per heavy atom. The topological polar surface area (TPSA) is 35.5 Å². The van der Waals surface area contributed by atoms with Gasteiger partial charge in [-0.15, -0.1) is 0 Å². The van der Waals surface area contributed by atoms with E-state index in [1.165, 1.54) is 0 Å². The molecule has 3 heteroatoms. The number of carbonyl (C=O) groups excluding carboxylic acids is 1. The van der Waals surface area contributed by atoms with E-state index in [2.05, 4.69) is 0 Å². The van der Waals surface area contributed by atoms with Gasteiger partial charge in [-0.05, 0) is 26.7 Å². The summed E-state index contributed by atoms with van der Waals surface area (Å²) < 4.78 is 10.2. The molecule has 13 heavy (non-hydrogen) atoms. The fraction of sp³-hybridized carbons (Fsp3) is 0.700. The van der Waals surface area contributed by atoms with Gasteiger partial charge in [-0.1, -0.05) is 5.57 Å². The zero-order valence-corrected chi connectivity index (χ0v) is 8.21. The van der Waals surface area contributed by atoms with Gasteiger partial charge in [0.2, 0.25) is 0 Å². The second-order valence-electron chi connectivity index (χ2n) is 3.19. The van der Waals surface area contributed by atoms with Gasteiger partial charge in [-0.2, -0.15) is 0 Å². The molecule has 1 rings (SSSR count). The van der Waals surface area contributed by atoms with Crippen molar-refractivity contribution in [1.82, 2.24) is 0 Å². The fourth-order valence-corrected chi connectivity index (χ4v) is 1.40. The standard InChI is InChI=1S/C10H16O3/c1-3-12-10(11)7-9-4-5-13-8(2)6-9/h7-8H,3-6H2,1-2H3/b9-7+. The average molecular weight is 184 g/mol. The molecule has 1 unspecified atom stereocenters. The Morgan fingerprint density at radius 3 is 3.15 bits per heavy atom. The van der Waals surface area contributed by atoms with E-state index in [1.807, 2.05) is 13.8 Å². The first kappa shape index (κ1) is 10.3. The Kier molecular flexibility index (Phi) is 3.96. The van der Waals surface area contributed by atoms with Crippen molar-refractivity contribution in [1.29, 1.82) is 0 Å². The van der Waals surface area contributed by atoms with E-state index in [0.717, 1.165) is 18.4 Å². The number of carbonyl (C=O) groups is 1. The molecule has 0 N–H and O–H groups in total. The quantitative estimate of drug-likeness (QED) is 0.484. The van der Waals surface area contributed by atoms with Crippen LogP contribution in [0.1, 0.15) is 26.7 Å². The van der Waals surface area contributed by atoms with Crippen LogP contribution in [0.15, 0.2) is 11.6 Å². The van der Waals surface area contributed by atoms with E-state index in [0.29, 0.717) is 13.2 Å². The highest BCUT2D eigenvalue weighted by Crippen LogP contribution is 2.18. The van der Waals surface area contributed by atoms with Crippen LogP contribution >= 0.6 is 0 Å². The Balaban J connectivity index is 2.44. The lowest BCUT2D eigenvalue weighted by Crippen LogP contribution is -2.18. The monoisotopic (exact) mass is 184 g/mol. The van der Waals surface area contributed by atoms with E-state index < -0.39 is 0 Å². The van der Waals surface area contributed by atoms with Crippen LogP contribution in [0.4, 0.5) is 0 Å². The van der Waals surface area contributed by atoms with Crippen LogP contribution < -0.4 is 0 Å². The molecule has 0 aromatic rings. The summed E-state index contributed by atoms with van der Waals surface area (Å²) in [4.78, 5) is 11.1. The minimum absolute atomic E-state index is 0.230. The molecule has 1 aliphatic heterocycles. The third-order valence-corrected chi connectivity index (χ3v) is 1.98. The molecule has 0 aromatic heterocycles. The lowest BCUT2D eigenvalue weighted by atomic mass is 10.0. The summed E-state index contributed by atoms with van der Waals surface area (Å²) >= 11 is 0. The van der Waals surface area contributed by atoms with Gasteiger partial charge in [0.25, 0.3) is 0 Å². The molecule has 1 atom stereocenters. The van der Waals surface area contributed by atoms with Gasteiger partial charge in [-0.25, -0.2) is 4.79 Å². The highest BCUT2D eigenvalue weighted by molar-refractivity contribution is 5.82. The summed E-state index contributed by atoms with van der Waals surface area (Å²) in [5, 5.41) is 0. The van der Waals surface area contributed by atoms with Crippen LogP contribution in [0, 0.1) is 0 Å². The molecule has 0 amide bonds. The first-order valence-corrected chi connectivity index (χ1v) is 4.70. The Bertz CT molecular complexity index is 208. The predicted molar refractivity (Wildman–Crippen MR) is 49.4 cm³/mol. The number of hydrogen-bond acceptors (Lipinski definition) is 3. The predicted octanol–water partition coefficient (Wildman–Crippen LogP) is 1.67. The summed E-state index contributed by atoms with van der Waals surface area (Å²) in [6, 6.07) is 0. The second-order valence-corrected chi connectivity index (χ2v) is 3.19. The molecular weight excluding hydrogens is 168 g/mol. The lowest BCUT2D eigenvalue weighted by molar-refractivity contribution is -0.137. The van der Waals surface area contributed by atoms with Crippen molar-refractivity contribution < 1.29 is 14.3 Å². The molecule has 74 valence electrons. The van der Waals surface area contributed by atoms with Gasteiger partial charge in [0, 0.05) is 6.08 Å². The van der Waals surface area contributed by atoms with E-state index in [9.17, 15) is 4.79 Å². The average Bonchev–Trinajstić information content (AvgIpc) is 2.04. The number of esters is 1. The van der Waals surface area contributed by atoms with Crippen LogP contribution in [-0.4, -0.2) is 25.3 Å². The van der Waals surface area contributed by atoms with Crippen molar-refractivity contribution >= 4 is 5.97 Å². The molecule has 0 spiro atoms. The lowest BCUT2D eigenvalue weighted by Gasteiger charge is -2.21. The van der Waals surface area contributed by atoms with Crippen LogP contribution in [0.2, 0.25) is 0 Å². The van der Waals surface area contributed by atoms with Gasteiger partial charge >= 0.3 is 5.97 Å². The van der Waals surface area contributed by atoms with Gasteiger partial charge < -0.3 is 9.47 Å². The van der Waals surface area contributed by atoms with Gasteiger partial charge in [-0.3, -0.25) is 0 Å². The van der Waals surface area contributed by atoms with Gasteiger partial charge in [0.05, 0.1) is 19.3 Å². The van der Waals surface area contributed by atoms with Crippen LogP contribution in [0.5, 0.6) is 0 Å². The first-order valence-electron chi connectivity index (χ1n) is 4.70. The van der Waals surface area contributed by atoms with E-state index in [1.54, 1.807) is 6.08 Å². The molecule has 1 heterocycles. The molecule has 0 saturated carbocycles. The summed E-state index contributed by atoms with van der Waals surface area (Å²) in [7, 11) is 0. The van der Waals surface area contributed by atoms with Gasteiger partial charge in [0.15, 0.2) is 0 Å². The Labute approximate surface area is 78.7 Å². The molecule has 0 radical (unpaired) electrons. The van der Waals surface area contributed by atoms with Crippen molar-refractivity contribution in [3.05, 3.63) is 11.6 Å². The minimum Gasteiger partial charge on any atom is -0.463 e. The highest BCUT2D eigenvalue weighted by atomic mass is 16.5. The SMILES string of the molecule is CCOC(=O)/C=C1\CCOC(C)C1. The summed E-state index contributed by atoms with van der Waals surface area (Å²) in [6.07, 6.45) is 3.53. The van der Waals surface area contributed by atoms with Crippen molar-refractivity contribution in [2.24, 2.45) is 0 Å². The number of rotatable bonds is 2. The molecule has 0 bridgehead atoms. The zero-order chi connectivity index (χ0) is 9.68. The molecular formula is C10H16O3. The molecule has 1 fully saturated rings. The second kappa shape index (κ2) is 5.02. The molecule has 3 nitrogen and oxygen atoms in total. The molecule has 0 aliphatic carbocycles. The minimum atomic E-state index is -0.230. The van der Waals surface area contributed by atoms with Crippen molar-refractivity contribution in [3.63, 3.8) is 0 Å². The van der Waals surface area contributed by atoms with E-state index in [-0.39, 0.29) is 12.1 Å². The molecule has 1 aliphatic rings. The number of ether oxygens (including phenoxy) is 2. The number of hydrogen-bond donors (Lipinski definition) is 0. The Morgan fingerprint density at radius 2 is 2.54 bits per heavy atom. The van der Waals surface area contributed by atoms with Crippen molar-refractivity contribution in [3.8, 4) is 0 Å². The maximum Gasteiger partial charge on any atom is 0.330 e. The molecule has 0 aromatic carbocycles. The van der Waals surface area contributed by atoms with E-state index >= 15 is 0 Å². The first-order chi connectivity index (χ1) is 6.22.